The predicted molar refractivity (Wildman–Crippen MR) is 86.1 cm³/mol. The molecule has 1 fully saturated rings. The molecule has 0 amide bonds. The highest BCUT2D eigenvalue weighted by Gasteiger charge is 2.30. The molecule has 1 aliphatic heterocycles. The van der Waals surface area contributed by atoms with Crippen LogP contribution in [0.3, 0.4) is 0 Å². The maximum atomic E-state index is 12.6. The van der Waals surface area contributed by atoms with Gasteiger partial charge in [-0.25, -0.2) is 4.79 Å². The van der Waals surface area contributed by atoms with Crippen LogP contribution in [0.2, 0.25) is 0 Å². The molecule has 25 heavy (non-hydrogen) atoms. The van der Waals surface area contributed by atoms with Gasteiger partial charge in [0.15, 0.2) is 0 Å². The number of alkyl halides is 3. The summed E-state index contributed by atoms with van der Waals surface area (Å²) in [7, 11) is 0. The van der Waals surface area contributed by atoms with Crippen LogP contribution in [0.4, 0.5) is 18.9 Å². The third-order valence-electron chi connectivity index (χ3n) is 4.11. The fraction of sp³-hybridized carbons (Fsp3) is 0.278. The van der Waals surface area contributed by atoms with E-state index < -0.39 is 17.7 Å². The molecule has 1 N–H and O–H groups in total. The Balaban J connectivity index is 1.60. The van der Waals surface area contributed by atoms with Crippen LogP contribution in [-0.4, -0.2) is 30.3 Å². The normalized spacial score (nSPS) is 17.6. The molecule has 0 spiro atoms. The number of rotatable bonds is 4. The molecule has 1 aliphatic rings. The molecule has 0 unspecified atom stereocenters. The average molecular weight is 351 g/mol. The van der Waals surface area contributed by atoms with Crippen molar-refractivity contribution in [1.82, 2.24) is 0 Å². The van der Waals surface area contributed by atoms with Crippen molar-refractivity contribution in [2.45, 2.75) is 18.7 Å². The van der Waals surface area contributed by atoms with Crippen LogP contribution < -0.4 is 9.64 Å². The highest BCUT2D eigenvalue weighted by Crippen LogP contribution is 2.31. The lowest BCUT2D eigenvalue weighted by Crippen LogP contribution is -2.24. The summed E-state index contributed by atoms with van der Waals surface area (Å²) in [6.07, 6.45) is -3.75. The highest BCUT2D eigenvalue weighted by atomic mass is 19.4. The molecule has 4 nitrogen and oxygen atoms in total. The molecule has 0 bridgehead atoms. The first kappa shape index (κ1) is 17.1. The monoisotopic (exact) mass is 351 g/mol. The van der Waals surface area contributed by atoms with E-state index in [0.29, 0.717) is 12.3 Å². The summed E-state index contributed by atoms with van der Waals surface area (Å²) < 4.78 is 43.4. The number of halogens is 3. The van der Waals surface area contributed by atoms with Gasteiger partial charge in [0.2, 0.25) is 0 Å². The number of carboxylic acid groups (broad SMARTS) is 1. The zero-order chi connectivity index (χ0) is 18.0. The van der Waals surface area contributed by atoms with E-state index in [1.807, 2.05) is 0 Å². The van der Waals surface area contributed by atoms with Gasteiger partial charge in [-0.3, -0.25) is 0 Å². The second-order valence-electron chi connectivity index (χ2n) is 5.85. The van der Waals surface area contributed by atoms with Gasteiger partial charge in [-0.2, -0.15) is 13.2 Å². The van der Waals surface area contributed by atoms with Gasteiger partial charge in [0, 0.05) is 18.7 Å². The lowest BCUT2D eigenvalue weighted by Gasteiger charge is -2.19. The molecule has 0 aliphatic carbocycles. The maximum Gasteiger partial charge on any atom is 0.416 e. The van der Waals surface area contributed by atoms with E-state index in [1.54, 1.807) is 24.3 Å². The minimum atomic E-state index is -4.36. The quantitative estimate of drug-likeness (QED) is 0.902. The third-order valence-corrected chi connectivity index (χ3v) is 4.11. The molecule has 3 rings (SSSR count). The van der Waals surface area contributed by atoms with Crippen molar-refractivity contribution in [1.29, 1.82) is 0 Å². The molecular formula is C18H16F3NO3. The van der Waals surface area contributed by atoms with Gasteiger partial charge < -0.3 is 14.7 Å². The van der Waals surface area contributed by atoms with Gasteiger partial charge in [-0.15, -0.1) is 0 Å². The number of anilines is 1. The molecule has 7 heteroatoms. The third kappa shape index (κ3) is 4.04. The smallest absolute Gasteiger partial charge is 0.416 e. The Morgan fingerprint density at radius 3 is 2.28 bits per heavy atom. The van der Waals surface area contributed by atoms with Gasteiger partial charge in [-0.1, -0.05) is 0 Å². The van der Waals surface area contributed by atoms with E-state index in [4.69, 9.17) is 9.84 Å². The SMILES string of the molecule is O=C(O)c1ccc(N2CC[C@@H](Oc3ccc(C(F)(F)F)cc3)C2)cc1. The number of ether oxygens (including phenoxy) is 1. The maximum absolute atomic E-state index is 12.6. The summed E-state index contributed by atoms with van der Waals surface area (Å²) in [5, 5.41) is 8.91. The fourth-order valence-corrected chi connectivity index (χ4v) is 2.79. The van der Waals surface area contributed by atoms with Crippen molar-refractivity contribution in [3.63, 3.8) is 0 Å². The second kappa shape index (κ2) is 6.66. The van der Waals surface area contributed by atoms with Gasteiger partial charge >= 0.3 is 12.1 Å². The lowest BCUT2D eigenvalue weighted by atomic mass is 10.2. The largest absolute Gasteiger partial charge is 0.489 e. The van der Waals surface area contributed by atoms with Crippen LogP contribution in [0.1, 0.15) is 22.3 Å². The molecule has 0 saturated carbocycles. The second-order valence-corrected chi connectivity index (χ2v) is 5.85. The Hall–Kier alpha value is -2.70. The average Bonchev–Trinajstić information content (AvgIpc) is 3.03. The summed E-state index contributed by atoms with van der Waals surface area (Å²) in [6.45, 7) is 1.32. The fourth-order valence-electron chi connectivity index (χ4n) is 2.79. The summed E-state index contributed by atoms with van der Waals surface area (Å²) in [4.78, 5) is 12.9. The Morgan fingerprint density at radius 1 is 1.08 bits per heavy atom. The van der Waals surface area contributed by atoms with E-state index in [2.05, 4.69) is 4.90 Å². The number of carbonyl (C=O) groups is 1. The van der Waals surface area contributed by atoms with Crippen LogP contribution in [0, 0.1) is 0 Å². The lowest BCUT2D eigenvalue weighted by molar-refractivity contribution is -0.137. The summed E-state index contributed by atoms with van der Waals surface area (Å²) in [6, 6.07) is 11.2. The number of hydrogen-bond donors (Lipinski definition) is 1. The van der Waals surface area contributed by atoms with E-state index in [1.165, 1.54) is 12.1 Å². The van der Waals surface area contributed by atoms with Crippen molar-refractivity contribution in [3.05, 3.63) is 59.7 Å². The van der Waals surface area contributed by atoms with Crippen LogP contribution in [0.25, 0.3) is 0 Å². The van der Waals surface area contributed by atoms with E-state index in [-0.39, 0.29) is 11.7 Å². The summed E-state index contributed by atoms with van der Waals surface area (Å²) >= 11 is 0. The van der Waals surface area contributed by atoms with Crippen molar-refractivity contribution in [3.8, 4) is 5.75 Å². The Bertz CT molecular complexity index is 742. The standard InChI is InChI=1S/C18H16F3NO3/c19-18(20,21)13-3-7-15(8-4-13)25-16-9-10-22(11-16)14-5-1-12(2-6-14)17(23)24/h1-8,16H,9-11H2,(H,23,24)/t16-/m1/s1. The Morgan fingerprint density at radius 2 is 1.72 bits per heavy atom. The first-order valence-corrected chi connectivity index (χ1v) is 7.75. The first-order valence-electron chi connectivity index (χ1n) is 7.75. The van der Waals surface area contributed by atoms with Gasteiger partial charge in [0.05, 0.1) is 17.7 Å². The molecule has 1 saturated heterocycles. The highest BCUT2D eigenvalue weighted by molar-refractivity contribution is 5.88. The molecule has 2 aromatic rings. The molecule has 2 aromatic carbocycles. The van der Waals surface area contributed by atoms with E-state index in [9.17, 15) is 18.0 Å². The van der Waals surface area contributed by atoms with Gasteiger partial charge in [0.1, 0.15) is 11.9 Å². The molecule has 132 valence electrons. The molecular weight excluding hydrogens is 335 g/mol. The Kier molecular flexibility index (Phi) is 4.57. The van der Waals surface area contributed by atoms with Crippen molar-refractivity contribution in [2.24, 2.45) is 0 Å². The van der Waals surface area contributed by atoms with E-state index >= 15 is 0 Å². The van der Waals surface area contributed by atoms with Crippen LogP contribution >= 0.6 is 0 Å². The molecule has 1 heterocycles. The topological polar surface area (TPSA) is 49.8 Å². The van der Waals surface area contributed by atoms with Crippen molar-refractivity contribution >= 4 is 11.7 Å². The summed E-state index contributed by atoms with van der Waals surface area (Å²) in [5.74, 6) is -0.572. The van der Waals surface area contributed by atoms with Crippen LogP contribution in [-0.2, 0) is 6.18 Å². The number of nitrogens with zero attached hydrogens (tertiary/aromatic N) is 1. The number of aromatic carboxylic acids is 1. The number of hydrogen-bond acceptors (Lipinski definition) is 3. The molecule has 1 atom stereocenters. The van der Waals surface area contributed by atoms with E-state index in [0.717, 1.165) is 30.8 Å². The number of benzene rings is 2. The minimum absolute atomic E-state index is 0.129. The van der Waals surface area contributed by atoms with Gasteiger partial charge in [-0.05, 0) is 48.5 Å². The van der Waals surface area contributed by atoms with Crippen LogP contribution in [0.5, 0.6) is 5.75 Å². The Labute approximate surface area is 142 Å². The molecule has 0 radical (unpaired) electrons. The van der Waals surface area contributed by atoms with Gasteiger partial charge in [0.25, 0.3) is 0 Å². The van der Waals surface area contributed by atoms with Crippen molar-refractivity contribution < 1.29 is 27.8 Å². The number of carboxylic acids is 1. The molecule has 0 aromatic heterocycles. The minimum Gasteiger partial charge on any atom is -0.489 e. The van der Waals surface area contributed by atoms with Crippen molar-refractivity contribution in [2.75, 3.05) is 18.0 Å². The predicted octanol–water partition coefficient (Wildman–Crippen LogP) is 4.06. The zero-order valence-corrected chi connectivity index (χ0v) is 13.2. The van der Waals surface area contributed by atoms with Crippen LogP contribution in [0.15, 0.2) is 48.5 Å². The first-order chi connectivity index (χ1) is 11.8. The zero-order valence-electron chi connectivity index (χ0n) is 13.2. The summed E-state index contributed by atoms with van der Waals surface area (Å²) in [5.41, 5.74) is 0.412.